The summed E-state index contributed by atoms with van der Waals surface area (Å²) in [7, 11) is 0. The van der Waals surface area contributed by atoms with E-state index in [1.165, 1.54) is 0 Å². The molecular formula is C16H31N3O4. The average Bonchev–Trinajstić information content (AvgIpc) is 2.80. The van der Waals surface area contributed by atoms with Crippen LogP contribution in [0.3, 0.4) is 0 Å². The molecule has 0 bridgehead atoms. The number of amides is 2. The lowest BCUT2D eigenvalue weighted by atomic mass is 9.85. The molecule has 7 heteroatoms. The monoisotopic (exact) mass is 329 g/mol. The Morgan fingerprint density at radius 1 is 1.26 bits per heavy atom. The molecule has 1 saturated heterocycles. The van der Waals surface area contributed by atoms with Gasteiger partial charge in [0.1, 0.15) is 11.6 Å². The lowest BCUT2D eigenvalue weighted by Gasteiger charge is -2.35. The van der Waals surface area contributed by atoms with Crippen molar-refractivity contribution >= 4 is 12.0 Å². The molecule has 0 aromatic carbocycles. The first kappa shape index (κ1) is 19.7. The normalized spacial score (nSPS) is 20.3. The number of nitrogens with two attached hydrogens (primary N) is 1. The first-order valence-electron chi connectivity index (χ1n) is 8.07. The molecule has 3 N–H and O–H groups in total. The van der Waals surface area contributed by atoms with Gasteiger partial charge >= 0.3 is 6.09 Å². The van der Waals surface area contributed by atoms with Crippen LogP contribution >= 0.6 is 0 Å². The first-order chi connectivity index (χ1) is 10.5. The summed E-state index contributed by atoms with van der Waals surface area (Å²) in [6, 6.07) is -0.714. The number of carbonyl (C=O) groups is 2. The van der Waals surface area contributed by atoms with E-state index in [0.717, 1.165) is 12.8 Å². The van der Waals surface area contributed by atoms with Crippen molar-refractivity contribution in [1.82, 2.24) is 10.2 Å². The van der Waals surface area contributed by atoms with Crippen molar-refractivity contribution in [2.45, 2.75) is 72.1 Å². The quantitative estimate of drug-likeness (QED) is 0.767. The summed E-state index contributed by atoms with van der Waals surface area (Å²) in [5.74, 6) is 5.03. The zero-order chi connectivity index (χ0) is 17.8. The number of rotatable bonds is 4. The van der Waals surface area contributed by atoms with Gasteiger partial charge in [-0.15, -0.1) is 0 Å². The largest absolute Gasteiger partial charge is 0.444 e. The fourth-order valence-corrected chi connectivity index (χ4v) is 2.65. The SMILES string of the molecule is CC(C)(C)OC(=O)N[C@H](C(=O)N1CCC[C@H]1CON)C(C)(C)C. The van der Waals surface area contributed by atoms with Crippen molar-refractivity contribution in [3.63, 3.8) is 0 Å². The van der Waals surface area contributed by atoms with Crippen LogP contribution in [0.25, 0.3) is 0 Å². The highest BCUT2D eigenvalue weighted by molar-refractivity contribution is 5.87. The third-order valence-electron chi connectivity index (χ3n) is 3.72. The van der Waals surface area contributed by atoms with Crippen LogP contribution < -0.4 is 11.2 Å². The summed E-state index contributed by atoms with van der Waals surface area (Å²) in [6.45, 7) is 12.1. The van der Waals surface area contributed by atoms with Crippen LogP contribution in [0.1, 0.15) is 54.4 Å². The van der Waals surface area contributed by atoms with E-state index in [-0.39, 0.29) is 11.9 Å². The average molecular weight is 329 g/mol. The van der Waals surface area contributed by atoms with Gasteiger partial charge in [-0.2, -0.15) is 0 Å². The lowest BCUT2D eigenvalue weighted by Crippen LogP contribution is -2.56. The number of carbonyl (C=O) groups excluding carboxylic acids is 2. The van der Waals surface area contributed by atoms with Gasteiger partial charge in [-0.3, -0.25) is 4.79 Å². The number of hydrogen-bond acceptors (Lipinski definition) is 5. The number of nitrogens with zero attached hydrogens (tertiary/aromatic N) is 1. The number of ether oxygens (including phenoxy) is 1. The molecule has 0 radical (unpaired) electrons. The number of hydrogen-bond donors (Lipinski definition) is 2. The Balaban J connectivity index is 2.85. The third kappa shape index (κ3) is 5.99. The van der Waals surface area contributed by atoms with Gasteiger partial charge in [-0.25, -0.2) is 10.7 Å². The van der Waals surface area contributed by atoms with Crippen LogP contribution in [0.2, 0.25) is 0 Å². The maximum absolute atomic E-state index is 12.9. The molecule has 1 aliphatic heterocycles. The highest BCUT2D eigenvalue weighted by Crippen LogP contribution is 2.26. The van der Waals surface area contributed by atoms with Crippen LogP contribution in [-0.2, 0) is 14.4 Å². The lowest BCUT2D eigenvalue weighted by molar-refractivity contribution is -0.138. The molecule has 0 saturated carbocycles. The number of likely N-dealkylation sites (tertiary alicyclic amines) is 1. The second kappa shape index (κ2) is 7.49. The minimum Gasteiger partial charge on any atom is -0.444 e. The molecule has 0 unspecified atom stereocenters. The molecule has 2 amide bonds. The van der Waals surface area contributed by atoms with Gasteiger partial charge in [0, 0.05) is 6.54 Å². The van der Waals surface area contributed by atoms with Gasteiger partial charge in [0.2, 0.25) is 5.91 Å². The Hall–Kier alpha value is -1.34. The minimum atomic E-state index is -0.671. The van der Waals surface area contributed by atoms with E-state index in [4.69, 9.17) is 15.5 Å². The molecular weight excluding hydrogens is 298 g/mol. The molecule has 0 spiro atoms. The van der Waals surface area contributed by atoms with E-state index in [1.807, 2.05) is 20.8 Å². The zero-order valence-electron chi connectivity index (χ0n) is 15.1. The fraction of sp³-hybridized carbons (Fsp3) is 0.875. The molecule has 1 rings (SSSR count). The van der Waals surface area contributed by atoms with Gasteiger partial charge in [0.05, 0.1) is 12.6 Å². The Morgan fingerprint density at radius 3 is 2.35 bits per heavy atom. The smallest absolute Gasteiger partial charge is 0.408 e. The Morgan fingerprint density at radius 2 is 1.87 bits per heavy atom. The Labute approximate surface area is 138 Å². The molecule has 1 heterocycles. The van der Waals surface area contributed by atoms with E-state index in [9.17, 15) is 9.59 Å². The van der Waals surface area contributed by atoms with E-state index < -0.39 is 23.2 Å². The Bertz CT molecular complexity index is 426. The molecule has 2 atom stereocenters. The molecule has 23 heavy (non-hydrogen) atoms. The van der Waals surface area contributed by atoms with E-state index in [2.05, 4.69) is 5.32 Å². The van der Waals surface area contributed by atoms with Crippen molar-refractivity contribution in [3.8, 4) is 0 Å². The van der Waals surface area contributed by atoms with Crippen molar-refractivity contribution in [2.75, 3.05) is 13.2 Å². The second-order valence-corrected chi connectivity index (χ2v) is 8.11. The number of alkyl carbamates (subject to hydrolysis) is 1. The molecule has 1 aliphatic rings. The first-order valence-corrected chi connectivity index (χ1v) is 8.07. The van der Waals surface area contributed by atoms with Crippen LogP contribution in [-0.4, -0.2) is 47.7 Å². The van der Waals surface area contributed by atoms with Crippen LogP contribution in [0.4, 0.5) is 4.79 Å². The van der Waals surface area contributed by atoms with Gasteiger partial charge in [0.15, 0.2) is 0 Å². The molecule has 0 aliphatic carbocycles. The standard InChI is InChI=1S/C16H31N3O4/c1-15(2,3)12(18-14(21)23-16(4,5)6)13(20)19-9-7-8-11(19)10-22-17/h11-12H,7-10,17H2,1-6H3,(H,18,21)/t11-,12+/m0/s1. The highest BCUT2D eigenvalue weighted by atomic mass is 16.6. The maximum Gasteiger partial charge on any atom is 0.408 e. The fourth-order valence-electron chi connectivity index (χ4n) is 2.65. The van der Waals surface area contributed by atoms with Gasteiger partial charge in [0.25, 0.3) is 0 Å². The highest BCUT2D eigenvalue weighted by Gasteiger charge is 2.40. The summed E-state index contributed by atoms with van der Waals surface area (Å²) in [5, 5.41) is 2.73. The van der Waals surface area contributed by atoms with E-state index in [1.54, 1.807) is 25.7 Å². The maximum atomic E-state index is 12.9. The van der Waals surface area contributed by atoms with Crippen molar-refractivity contribution in [1.29, 1.82) is 0 Å². The third-order valence-corrected chi connectivity index (χ3v) is 3.72. The van der Waals surface area contributed by atoms with Gasteiger partial charge < -0.3 is 19.8 Å². The summed E-state index contributed by atoms with van der Waals surface area (Å²) < 4.78 is 5.29. The predicted octanol–water partition coefficient (Wildman–Crippen LogP) is 1.81. The predicted molar refractivity (Wildman–Crippen MR) is 87.5 cm³/mol. The summed E-state index contributed by atoms with van der Waals surface area (Å²) in [6.07, 6.45) is 1.17. The summed E-state index contributed by atoms with van der Waals surface area (Å²) >= 11 is 0. The van der Waals surface area contributed by atoms with E-state index >= 15 is 0 Å². The van der Waals surface area contributed by atoms with Gasteiger partial charge in [-0.1, -0.05) is 20.8 Å². The molecule has 134 valence electrons. The molecule has 0 aromatic heterocycles. The van der Waals surface area contributed by atoms with Crippen LogP contribution in [0.15, 0.2) is 0 Å². The summed E-state index contributed by atoms with van der Waals surface area (Å²) in [5.41, 5.74) is -1.05. The minimum absolute atomic E-state index is 0.0437. The molecule has 1 fully saturated rings. The van der Waals surface area contributed by atoms with Crippen molar-refractivity contribution < 1.29 is 19.2 Å². The summed E-state index contributed by atoms with van der Waals surface area (Å²) in [4.78, 5) is 31.5. The topological polar surface area (TPSA) is 93.9 Å². The van der Waals surface area contributed by atoms with Crippen LogP contribution in [0, 0.1) is 5.41 Å². The molecule has 0 aromatic rings. The zero-order valence-corrected chi connectivity index (χ0v) is 15.1. The Kier molecular flexibility index (Phi) is 6.41. The van der Waals surface area contributed by atoms with Gasteiger partial charge in [-0.05, 0) is 39.0 Å². The van der Waals surface area contributed by atoms with Crippen molar-refractivity contribution in [3.05, 3.63) is 0 Å². The number of nitrogens with one attached hydrogen (secondary N) is 1. The molecule has 7 nitrogen and oxygen atoms in total. The van der Waals surface area contributed by atoms with Crippen LogP contribution in [0.5, 0.6) is 0 Å². The van der Waals surface area contributed by atoms with E-state index in [0.29, 0.717) is 13.2 Å². The second-order valence-electron chi connectivity index (χ2n) is 8.11. The van der Waals surface area contributed by atoms with Crippen molar-refractivity contribution in [2.24, 2.45) is 11.3 Å².